The summed E-state index contributed by atoms with van der Waals surface area (Å²) in [4.78, 5) is 13.8. The number of amides is 1. The van der Waals surface area contributed by atoms with Gasteiger partial charge in [0.15, 0.2) is 0 Å². The zero-order valence-corrected chi connectivity index (χ0v) is 11.5. The van der Waals surface area contributed by atoms with E-state index in [2.05, 4.69) is 0 Å². The SMILES string of the molecule is COc1cccc(C(=O)N(C)Cc2ccccc2F)c1. The monoisotopic (exact) mass is 273 g/mol. The lowest BCUT2D eigenvalue weighted by Gasteiger charge is -2.18. The average Bonchev–Trinajstić information content (AvgIpc) is 2.48. The minimum absolute atomic E-state index is 0.174. The maximum atomic E-state index is 13.6. The number of hydrogen-bond acceptors (Lipinski definition) is 2. The zero-order chi connectivity index (χ0) is 14.5. The van der Waals surface area contributed by atoms with Gasteiger partial charge in [0, 0.05) is 24.7 Å². The van der Waals surface area contributed by atoms with Crippen LogP contribution in [0.4, 0.5) is 4.39 Å². The molecule has 20 heavy (non-hydrogen) atoms. The van der Waals surface area contributed by atoms with E-state index in [-0.39, 0.29) is 18.3 Å². The van der Waals surface area contributed by atoms with Crippen LogP contribution in [0.25, 0.3) is 0 Å². The Morgan fingerprint density at radius 3 is 2.65 bits per heavy atom. The van der Waals surface area contributed by atoms with Crippen molar-refractivity contribution in [3.8, 4) is 5.75 Å². The Morgan fingerprint density at radius 2 is 1.95 bits per heavy atom. The summed E-state index contributed by atoms with van der Waals surface area (Å²) in [5.74, 6) is 0.139. The zero-order valence-electron chi connectivity index (χ0n) is 11.5. The molecule has 104 valence electrons. The Morgan fingerprint density at radius 1 is 1.20 bits per heavy atom. The fourth-order valence-electron chi connectivity index (χ4n) is 1.93. The normalized spacial score (nSPS) is 10.2. The fourth-order valence-corrected chi connectivity index (χ4v) is 1.93. The van der Waals surface area contributed by atoms with E-state index < -0.39 is 0 Å². The molecule has 0 aliphatic rings. The number of ether oxygens (including phenoxy) is 1. The largest absolute Gasteiger partial charge is 0.497 e. The first kappa shape index (κ1) is 14.1. The van der Waals surface area contributed by atoms with Gasteiger partial charge in [-0.25, -0.2) is 4.39 Å². The quantitative estimate of drug-likeness (QED) is 0.856. The lowest BCUT2D eigenvalue weighted by Crippen LogP contribution is -2.26. The van der Waals surface area contributed by atoms with Crippen molar-refractivity contribution >= 4 is 5.91 Å². The molecule has 0 bridgehead atoms. The van der Waals surface area contributed by atoms with Crippen molar-refractivity contribution in [2.24, 2.45) is 0 Å². The first-order valence-corrected chi connectivity index (χ1v) is 6.24. The van der Waals surface area contributed by atoms with Crippen molar-refractivity contribution in [2.75, 3.05) is 14.2 Å². The number of benzene rings is 2. The highest BCUT2D eigenvalue weighted by atomic mass is 19.1. The van der Waals surface area contributed by atoms with Crippen LogP contribution < -0.4 is 4.74 Å². The minimum Gasteiger partial charge on any atom is -0.497 e. The number of methoxy groups -OCH3 is 1. The maximum absolute atomic E-state index is 13.6. The molecule has 0 saturated carbocycles. The van der Waals surface area contributed by atoms with Gasteiger partial charge >= 0.3 is 0 Å². The molecule has 0 spiro atoms. The average molecular weight is 273 g/mol. The van der Waals surface area contributed by atoms with Crippen molar-refractivity contribution < 1.29 is 13.9 Å². The molecule has 0 N–H and O–H groups in total. The van der Waals surface area contributed by atoms with Crippen LogP contribution in [-0.2, 0) is 6.54 Å². The van der Waals surface area contributed by atoms with Crippen LogP contribution in [0.3, 0.4) is 0 Å². The second-order valence-electron chi connectivity index (χ2n) is 4.48. The van der Waals surface area contributed by atoms with E-state index >= 15 is 0 Å². The van der Waals surface area contributed by atoms with E-state index in [1.807, 2.05) is 0 Å². The molecule has 2 aromatic carbocycles. The van der Waals surface area contributed by atoms with Crippen molar-refractivity contribution in [1.29, 1.82) is 0 Å². The van der Waals surface area contributed by atoms with Gasteiger partial charge in [-0.3, -0.25) is 4.79 Å². The van der Waals surface area contributed by atoms with E-state index in [1.54, 1.807) is 56.6 Å². The number of rotatable bonds is 4. The molecule has 0 saturated heterocycles. The number of halogens is 1. The number of nitrogens with zero attached hydrogens (tertiary/aromatic N) is 1. The highest BCUT2D eigenvalue weighted by Gasteiger charge is 2.14. The van der Waals surface area contributed by atoms with Gasteiger partial charge in [-0.15, -0.1) is 0 Å². The summed E-state index contributed by atoms with van der Waals surface area (Å²) < 4.78 is 18.7. The fraction of sp³-hybridized carbons (Fsp3) is 0.188. The molecular formula is C16H16FNO2. The Labute approximate surface area is 117 Å². The summed E-state index contributed by atoms with van der Waals surface area (Å²) in [7, 11) is 3.20. The van der Waals surface area contributed by atoms with Crippen molar-refractivity contribution in [3.05, 3.63) is 65.5 Å². The molecule has 0 heterocycles. The standard InChI is InChI=1S/C16H16FNO2/c1-18(11-13-6-3-4-9-15(13)17)16(19)12-7-5-8-14(10-12)20-2/h3-10H,11H2,1-2H3. The Kier molecular flexibility index (Phi) is 4.35. The first-order valence-electron chi connectivity index (χ1n) is 6.24. The highest BCUT2D eigenvalue weighted by Crippen LogP contribution is 2.16. The van der Waals surface area contributed by atoms with Gasteiger partial charge in [0.1, 0.15) is 11.6 Å². The summed E-state index contributed by atoms with van der Waals surface area (Å²) in [6, 6.07) is 13.3. The van der Waals surface area contributed by atoms with E-state index in [0.29, 0.717) is 16.9 Å². The molecule has 0 aromatic heterocycles. The first-order chi connectivity index (χ1) is 9.61. The molecule has 0 fully saturated rings. The van der Waals surface area contributed by atoms with E-state index in [9.17, 15) is 9.18 Å². The van der Waals surface area contributed by atoms with Crippen LogP contribution in [-0.4, -0.2) is 25.0 Å². The van der Waals surface area contributed by atoms with Crippen LogP contribution in [0.2, 0.25) is 0 Å². The summed E-state index contributed by atoms with van der Waals surface area (Å²) in [6.45, 7) is 0.225. The molecule has 1 amide bonds. The smallest absolute Gasteiger partial charge is 0.254 e. The van der Waals surface area contributed by atoms with E-state index in [4.69, 9.17) is 4.74 Å². The molecular weight excluding hydrogens is 257 g/mol. The molecule has 2 aromatic rings. The Hall–Kier alpha value is -2.36. The molecule has 2 rings (SSSR count). The lowest BCUT2D eigenvalue weighted by molar-refractivity contribution is 0.0783. The van der Waals surface area contributed by atoms with Crippen molar-refractivity contribution in [1.82, 2.24) is 4.90 Å². The number of hydrogen-bond donors (Lipinski definition) is 0. The summed E-state index contributed by atoms with van der Waals surface area (Å²) >= 11 is 0. The van der Waals surface area contributed by atoms with Gasteiger partial charge in [0.2, 0.25) is 0 Å². The van der Waals surface area contributed by atoms with E-state index in [1.165, 1.54) is 11.0 Å². The third kappa shape index (κ3) is 3.15. The van der Waals surface area contributed by atoms with Gasteiger partial charge in [-0.1, -0.05) is 24.3 Å². The Bertz CT molecular complexity index is 613. The van der Waals surface area contributed by atoms with Gasteiger partial charge in [-0.2, -0.15) is 0 Å². The number of carbonyl (C=O) groups excluding carboxylic acids is 1. The summed E-state index contributed by atoms with van der Waals surface area (Å²) in [5, 5.41) is 0. The van der Waals surface area contributed by atoms with Gasteiger partial charge < -0.3 is 9.64 Å². The van der Waals surface area contributed by atoms with Gasteiger partial charge in [0.05, 0.1) is 7.11 Å². The third-order valence-corrected chi connectivity index (χ3v) is 3.03. The van der Waals surface area contributed by atoms with Gasteiger partial charge in [-0.05, 0) is 24.3 Å². The predicted octanol–water partition coefficient (Wildman–Crippen LogP) is 3.11. The van der Waals surface area contributed by atoms with Crippen molar-refractivity contribution in [2.45, 2.75) is 6.54 Å². The molecule has 0 aliphatic heterocycles. The van der Waals surface area contributed by atoms with Crippen LogP contribution in [0.15, 0.2) is 48.5 Å². The molecule has 4 heteroatoms. The number of carbonyl (C=O) groups is 1. The molecule has 0 radical (unpaired) electrons. The lowest BCUT2D eigenvalue weighted by atomic mass is 10.1. The molecule has 0 unspecified atom stereocenters. The maximum Gasteiger partial charge on any atom is 0.254 e. The van der Waals surface area contributed by atoms with Crippen LogP contribution in [0.5, 0.6) is 5.75 Å². The van der Waals surface area contributed by atoms with Gasteiger partial charge in [0.25, 0.3) is 5.91 Å². The topological polar surface area (TPSA) is 29.5 Å². The van der Waals surface area contributed by atoms with E-state index in [0.717, 1.165) is 0 Å². The summed E-state index contributed by atoms with van der Waals surface area (Å²) in [5.41, 5.74) is 1.01. The molecule has 0 aliphatic carbocycles. The summed E-state index contributed by atoms with van der Waals surface area (Å²) in [6.07, 6.45) is 0. The second kappa shape index (κ2) is 6.19. The third-order valence-electron chi connectivity index (χ3n) is 3.03. The predicted molar refractivity (Wildman–Crippen MR) is 75.2 cm³/mol. The molecule has 3 nitrogen and oxygen atoms in total. The molecule has 0 atom stereocenters. The second-order valence-corrected chi connectivity index (χ2v) is 4.48. The van der Waals surface area contributed by atoms with Crippen LogP contribution >= 0.6 is 0 Å². The Balaban J connectivity index is 2.14. The van der Waals surface area contributed by atoms with Crippen molar-refractivity contribution in [3.63, 3.8) is 0 Å². The van der Waals surface area contributed by atoms with Crippen LogP contribution in [0.1, 0.15) is 15.9 Å². The van der Waals surface area contributed by atoms with Crippen LogP contribution in [0, 0.1) is 5.82 Å². The highest BCUT2D eigenvalue weighted by molar-refractivity contribution is 5.94. The minimum atomic E-state index is -0.308.